The fourth-order valence-electron chi connectivity index (χ4n) is 4.10. The van der Waals surface area contributed by atoms with Gasteiger partial charge in [0, 0.05) is 23.5 Å². The van der Waals surface area contributed by atoms with Crippen LogP contribution in [-0.4, -0.2) is 51.9 Å². The Bertz CT molecular complexity index is 1030. The molecule has 1 atom stereocenters. The molecule has 0 bridgehead atoms. The van der Waals surface area contributed by atoms with Gasteiger partial charge in [0.2, 0.25) is 0 Å². The number of allylic oxidation sites excluding steroid dienone is 1. The second kappa shape index (κ2) is 6.28. The van der Waals surface area contributed by atoms with Crippen LogP contribution in [-0.2, 0) is 9.53 Å². The first kappa shape index (κ1) is 18.9. The molecule has 1 fully saturated rings. The molecule has 1 aliphatic carbocycles. The largest absolute Gasteiger partial charge is 0.396 e. The maximum Gasteiger partial charge on any atom is 0.275 e. The molecule has 1 aliphatic heterocycles. The number of aromatic nitrogens is 2. The fourth-order valence-corrected chi connectivity index (χ4v) is 4.34. The van der Waals surface area contributed by atoms with Crippen LogP contribution in [0.5, 0.6) is 0 Å². The van der Waals surface area contributed by atoms with E-state index in [9.17, 15) is 14.0 Å². The average molecular weight is 407 g/mol. The number of morpholine rings is 1. The second-order valence-electron chi connectivity index (χ2n) is 7.96. The Morgan fingerprint density at radius 2 is 2.21 bits per heavy atom. The van der Waals surface area contributed by atoms with Gasteiger partial charge in [-0.1, -0.05) is 25.4 Å². The Hall–Kier alpha value is -2.45. The van der Waals surface area contributed by atoms with Gasteiger partial charge >= 0.3 is 0 Å². The molecule has 2 aromatic rings. The number of amides is 1. The highest BCUT2D eigenvalue weighted by Gasteiger charge is 2.48. The van der Waals surface area contributed by atoms with Crippen LogP contribution < -0.4 is 5.73 Å². The minimum absolute atomic E-state index is 0.116. The lowest BCUT2D eigenvalue weighted by Gasteiger charge is -2.46. The van der Waals surface area contributed by atoms with Crippen LogP contribution in [0, 0.1) is 11.2 Å². The first-order valence-electron chi connectivity index (χ1n) is 8.92. The van der Waals surface area contributed by atoms with E-state index in [4.69, 9.17) is 22.1 Å². The molecule has 2 aliphatic rings. The third-order valence-electron chi connectivity index (χ3n) is 5.32. The average Bonchev–Trinajstić information content (AvgIpc) is 3.10. The van der Waals surface area contributed by atoms with Gasteiger partial charge in [0.25, 0.3) is 5.91 Å². The quantitative estimate of drug-likeness (QED) is 0.757. The van der Waals surface area contributed by atoms with Crippen molar-refractivity contribution in [3.05, 3.63) is 40.6 Å². The van der Waals surface area contributed by atoms with Crippen molar-refractivity contribution in [2.45, 2.75) is 25.9 Å². The molecule has 4 rings (SSSR count). The molecule has 1 saturated heterocycles. The minimum atomic E-state index is -0.897. The Morgan fingerprint density at radius 1 is 1.46 bits per heavy atom. The van der Waals surface area contributed by atoms with Crippen LogP contribution in [0.2, 0.25) is 5.02 Å². The van der Waals surface area contributed by atoms with Crippen LogP contribution in [0.1, 0.15) is 30.8 Å². The van der Waals surface area contributed by atoms with Crippen molar-refractivity contribution in [3.8, 4) is 0 Å². The predicted molar refractivity (Wildman–Crippen MR) is 101 cm³/mol. The number of carbonyl (C=O) groups excluding carboxylic acids is 2. The number of aromatic amines is 1. The summed E-state index contributed by atoms with van der Waals surface area (Å²) >= 11 is 6.08. The zero-order chi connectivity index (χ0) is 20.3. The molecule has 3 N–H and O–H groups in total. The number of Topliss-reactive ketones (excluding diaryl/α,β-unsaturated/α-hetero) is 1. The van der Waals surface area contributed by atoms with Gasteiger partial charge < -0.3 is 20.4 Å². The van der Waals surface area contributed by atoms with E-state index in [-0.39, 0.29) is 41.9 Å². The smallest absolute Gasteiger partial charge is 0.275 e. The number of pyridine rings is 1. The first-order valence-corrected chi connectivity index (χ1v) is 9.30. The molecule has 0 radical (unpaired) electrons. The van der Waals surface area contributed by atoms with Crippen LogP contribution in [0.15, 0.2) is 24.0 Å². The second-order valence-corrected chi connectivity index (χ2v) is 8.34. The number of nitrogens with zero attached hydrogens (tertiary/aromatic N) is 2. The molecule has 9 heteroatoms. The maximum atomic E-state index is 14.7. The third-order valence-corrected chi connectivity index (χ3v) is 5.69. The zero-order valence-electron chi connectivity index (χ0n) is 15.5. The number of ketones is 1. The van der Waals surface area contributed by atoms with Gasteiger partial charge in [-0.3, -0.25) is 9.59 Å². The Balaban J connectivity index is 1.68. The van der Waals surface area contributed by atoms with E-state index < -0.39 is 22.7 Å². The molecule has 28 heavy (non-hydrogen) atoms. The van der Waals surface area contributed by atoms with E-state index in [1.807, 2.05) is 0 Å². The van der Waals surface area contributed by atoms with E-state index in [0.29, 0.717) is 17.5 Å². The predicted octanol–water partition coefficient (Wildman–Crippen LogP) is 2.41. The molecular weight excluding hydrogens is 387 g/mol. The van der Waals surface area contributed by atoms with Gasteiger partial charge in [-0.25, -0.2) is 9.37 Å². The number of halogens is 2. The summed E-state index contributed by atoms with van der Waals surface area (Å²) in [5, 5.41) is 0.267. The summed E-state index contributed by atoms with van der Waals surface area (Å²) in [7, 11) is 0. The van der Waals surface area contributed by atoms with Crippen molar-refractivity contribution < 1.29 is 18.7 Å². The molecule has 1 unspecified atom stereocenters. The molecule has 0 saturated carbocycles. The minimum Gasteiger partial charge on any atom is -0.396 e. The number of carbonyl (C=O) groups is 2. The van der Waals surface area contributed by atoms with Crippen molar-refractivity contribution in [1.29, 1.82) is 0 Å². The van der Waals surface area contributed by atoms with Crippen LogP contribution in [0.3, 0.4) is 0 Å². The molecule has 3 heterocycles. The highest BCUT2D eigenvalue weighted by molar-refractivity contribution is 6.35. The number of nitrogens with two attached hydrogens (primary N) is 1. The summed E-state index contributed by atoms with van der Waals surface area (Å²) in [6, 6.07) is 1.60. The summed E-state index contributed by atoms with van der Waals surface area (Å²) in [6.45, 7) is 4.23. The van der Waals surface area contributed by atoms with Crippen LogP contribution >= 0.6 is 11.6 Å². The van der Waals surface area contributed by atoms with E-state index in [1.165, 1.54) is 4.90 Å². The van der Waals surface area contributed by atoms with Crippen molar-refractivity contribution in [2.24, 2.45) is 11.1 Å². The highest BCUT2D eigenvalue weighted by atomic mass is 35.5. The van der Waals surface area contributed by atoms with Gasteiger partial charge in [-0.2, -0.15) is 0 Å². The standard InChI is InChI=1S/C19H20ClFN4O3/c1-18(2)8-19(7-11(22)15(18)26)9-25(5-6-28-19)17(27)14-13(21)12(20)10-3-4-23-16(10)24-14/h3-4,7H,5-6,8-9,22H2,1-2H3,(H,23,24). The summed E-state index contributed by atoms with van der Waals surface area (Å²) in [5.74, 6) is -1.59. The van der Waals surface area contributed by atoms with Crippen molar-refractivity contribution in [3.63, 3.8) is 0 Å². The molecule has 148 valence electrons. The normalized spacial score (nSPS) is 24.6. The van der Waals surface area contributed by atoms with Gasteiger partial charge in [-0.15, -0.1) is 0 Å². The molecular formula is C19H20ClFN4O3. The molecule has 7 nitrogen and oxygen atoms in total. The topological polar surface area (TPSA) is 101 Å². The number of fused-ring (bicyclic) bond motifs is 1. The summed E-state index contributed by atoms with van der Waals surface area (Å²) in [6.07, 6.45) is 3.52. The lowest BCUT2D eigenvalue weighted by molar-refractivity contribution is -0.135. The Kier molecular flexibility index (Phi) is 4.24. The van der Waals surface area contributed by atoms with Crippen molar-refractivity contribution in [2.75, 3.05) is 19.7 Å². The van der Waals surface area contributed by atoms with E-state index >= 15 is 0 Å². The number of ether oxygens (including phenoxy) is 1. The van der Waals surface area contributed by atoms with Crippen molar-refractivity contribution >= 4 is 34.3 Å². The summed E-state index contributed by atoms with van der Waals surface area (Å²) in [5.41, 5.74) is 4.41. The lowest BCUT2D eigenvalue weighted by atomic mass is 9.71. The monoisotopic (exact) mass is 406 g/mol. The Labute approximate surface area is 165 Å². The molecule has 1 amide bonds. The fraction of sp³-hybridized carbons (Fsp3) is 0.421. The van der Waals surface area contributed by atoms with Crippen LogP contribution in [0.25, 0.3) is 11.0 Å². The molecule has 2 aromatic heterocycles. The van der Waals surface area contributed by atoms with Gasteiger partial charge in [0.05, 0.1) is 23.9 Å². The van der Waals surface area contributed by atoms with E-state index in [1.54, 1.807) is 32.2 Å². The lowest BCUT2D eigenvalue weighted by Crippen LogP contribution is -2.57. The summed E-state index contributed by atoms with van der Waals surface area (Å²) in [4.78, 5) is 33.8. The molecule has 0 aromatic carbocycles. The first-order chi connectivity index (χ1) is 13.1. The maximum absolute atomic E-state index is 14.7. The number of hydrogen-bond donors (Lipinski definition) is 2. The molecule has 1 spiro atoms. The number of nitrogens with one attached hydrogen (secondary N) is 1. The third kappa shape index (κ3) is 2.87. The van der Waals surface area contributed by atoms with Gasteiger partial charge in [-0.05, 0) is 18.6 Å². The summed E-state index contributed by atoms with van der Waals surface area (Å²) < 4.78 is 20.7. The number of H-pyrrole nitrogens is 1. The number of hydrogen-bond acceptors (Lipinski definition) is 5. The van der Waals surface area contributed by atoms with E-state index in [0.717, 1.165) is 0 Å². The van der Waals surface area contributed by atoms with E-state index in [2.05, 4.69) is 9.97 Å². The van der Waals surface area contributed by atoms with Crippen LogP contribution in [0.4, 0.5) is 4.39 Å². The van der Waals surface area contributed by atoms with Gasteiger partial charge in [0.1, 0.15) is 11.2 Å². The highest BCUT2D eigenvalue weighted by Crippen LogP contribution is 2.40. The SMILES string of the molecule is CC1(C)CC2(C=C(N)C1=O)CN(C(=O)c1nc3[nH]ccc3c(Cl)c1F)CCO2. The zero-order valence-corrected chi connectivity index (χ0v) is 16.3. The van der Waals surface area contributed by atoms with Crippen molar-refractivity contribution in [1.82, 2.24) is 14.9 Å². The van der Waals surface area contributed by atoms with Gasteiger partial charge in [0.15, 0.2) is 17.3 Å². The number of rotatable bonds is 1. The Morgan fingerprint density at radius 3 is 2.93 bits per heavy atom.